The molecular weight excluding hydrogens is 376 g/mol. The van der Waals surface area contributed by atoms with E-state index in [4.69, 9.17) is 4.74 Å². The van der Waals surface area contributed by atoms with Gasteiger partial charge in [0.2, 0.25) is 10.0 Å². The summed E-state index contributed by atoms with van der Waals surface area (Å²) in [4.78, 5) is 4.21. The zero-order chi connectivity index (χ0) is 21.4. The second-order valence-corrected chi connectivity index (χ2v) is 9.93. The molecule has 7 nitrogen and oxygen atoms in total. The molecule has 3 N–H and O–H groups in total. The molecule has 1 rings (SSSR count). The van der Waals surface area contributed by atoms with Crippen molar-refractivity contribution in [3.63, 3.8) is 0 Å². The van der Waals surface area contributed by atoms with Gasteiger partial charge in [-0.25, -0.2) is 13.1 Å². The summed E-state index contributed by atoms with van der Waals surface area (Å²) in [5.74, 6) is 2.07. The lowest BCUT2D eigenvalue weighted by atomic mass is 10.1. The monoisotopic (exact) mass is 412 g/mol. The molecule has 0 bridgehead atoms. The van der Waals surface area contributed by atoms with Crippen LogP contribution in [0.2, 0.25) is 0 Å². The number of hydrogen-bond acceptors (Lipinski definition) is 4. The molecule has 0 amide bonds. The Hall–Kier alpha value is -1.80. The van der Waals surface area contributed by atoms with Crippen LogP contribution in [-0.4, -0.2) is 46.4 Å². The van der Waals surface area contributed by atoms with Crippen molar-refractivity contribution in [1.82, 2.24) is 15.4 Å². The van der Waals surface area contributed by atoms with E-state index in [9.17, 15) is 8.42 Å². The molecule has 0 radical (unpaired) electrons. The molecule has 0 aromatic heterocycles. The lowest BCUT2D eigenvalue weighted by Gasteiger charge is -2.26. The number of guanidine groups is 1. The second-order valence-electron chi connectivity index (χ2n) is 8.18. The van der Waals surface area contributed by atoms with Crippen molar-refractivity contribution in [2.45, 2.75) is 53.1 Å². The molecule has 0 aliphatic heterocycles. The maximum Gasteiger partial charge on any atom is 0.209 e. The van der Waals surface area contributed by atoms with Gasteiger partial charge in [0, 0.05) is 31.2 Å². The summed E-state index contributed by atoms with van der Waals surface area (Å²) in [6, 6.07) is 6.16. The number of aliphatic imine (C=N–C) groups is 1. The van der Waals surface area contributed by atoms with Gasteiger partial charge in [-0.15, -0.1) is 0 Å². The maximum absolute atomic E-state index is 11.5. The normalized spacial score (nSPS) is 12.9. The molecule has 8 heteroatoms. The molecule has 28 heavy (non-hydrogen) atoms. The Balaban J connectivity index is 2.68. The van der Waals surface area contributed by atoms with Crippen molar-refractivity contribution in [1.29, 1.82) is 0 Å². The van der Waals surface area contributed by atoms with E-state index < -0.39 is 15.6 Å². The van der Waals surface area contributed by atoms with Crippen LogP contribution in [0.4, 0.5) is 0 Å². The van der Waals surface area contributed by atoms with E-state index >= 15 is 0 Å². The fraction of sp³-hybridized carbons (Fsp3) is 0.650. The zero-order valence-corrected chi connectivity index (χ0v) is 19.0. The number of nitrogens with zero attached hydrogens (tertiary/aromatic N) is 1. The number of sulfonamides is 1. The molecule has 1 aromatic carbocycles. The van der Waals surface area contributed by atoms with E-state index in [1.54, 1.807) is 7.05 Å². The number of aryl methyl sites for hydroxylation is 1. The van der Waals surface area contributed by atoms with Crippen LogP contribution in [0, 0.1) is 12.8 Å². The highest BCUT2D eigenvalue weighted by Gasteiger charge is 2.22. The lowest BCUT2D eigenvalue weighted by molar-refractivity contribution is 0.286. The van der Waals surface area contributed by atoms with Crippen molar-refractivity contribution < 1.29 is 13.2 Å². The summed E-state index contributed by atoms with van der Waals surface area (Å²) in [7, 11) is -1.60. The third-order valence-electron chi connectivity index (χ3n) is 4.00. The van der Waals surface area contributed by atoms with E-state index in [0.29, 0.717) is 31.6 Å². The lowest BCUT2D eigenvalue weighted by Crippen LogP contribution is -2.52. The minimum atomic E-state index is -3.28. The first-order valence-corrected chi connectivity index (χ1v) is 11.5. The highest BCUT2D eigenvalue weighted by atomic mass is 32.2. The first-order valence-electron chi connectivity index (χ1n) is 9.57. The van der Waals surface area contributed by atoms with Crippen LogP contribution in [0.15, 0.2) is 23.2 Å². The fourth-order valence-electron chi connectivity index (χ4n) is 2.59. The van der Waals surface area contributed by atoms with Crippen LogP contribution in [0.3, 0.4) is 0 Å². The Morgan fingerprint density at radius 1 is 1.25 bits per heavy atom. The molecule has 0 aliphatic carbocycles. The van der Waals surface area contributed by atoms with Crippen LogP contribution in [-0.2, 0) is 16.6 Å². The molecule has 0 unspecified atom stereocenters. The Morgan fingerprint density at radius 3 is 2.50 bits per heavy atom. The second kappa shape index (κ2) is 10.7. The average molecular weight is 413 g/mol. The maximum atomic E-state index is 11.5. The predicted octanol–water partition coefficient (Wildman–Crippen LogP) is 2.41. The molecule has 160 valence electrons. The Kier molecular flexibility index (Phi) is 9.23. The van der Waals surface area contributed by atoms with E-state index in [1.165, 1.54) is 0 Å². The molecule has 0 spiro atoms. The highest BCUT2D eigenvalue weighted by Crippen LogP contribution is 2.21. The third-order valence-corrected chi connectivity index (χ3v) is 4.93. The van der Waals surface area contributed by atoms with Crippen LogP contribution >= 0.6 is 0 Å². The fourth-order valence-corrected chi connectivity index (χ4v) is 3.66. The molecular formula is C20H36N4O3S. The third kappa shape index (κ3) is 9.94. The summed E-state index contributed by atoms with van der Waals surface area (Å²) in [5, 5.41) is 6.42. The topological polar surface area (TPSA) is 91.8 Å². The van der Waals surface area contributed by atoms with Gasteiger partial charge in [-0.3, -0.25) is 4.99 Å². The van der Waals surface area contributed by atoms with Gasteiger partial charge in [-0.05, 0) is 44.7 Å². The van der Waals surface area contributed by atoms with Gasteiger partial charge in [0.25, 0.3) is 0 Å². The van der Waals surface area contributed by atoms with Crippen molar-refractivity contribution in [2.75, 3.05) is 26.5 Å². The summed E-state index contributed by atoms with van der Waals surface area (Å²) in [6.07, 6.45) is 2.16. The van der Waals surface area contributed by atoms with Gasteiger partial charge in [-0.2, -0.15) is 0 Å². The number of rotatable bonds is 10. The summed E-state index contributed by atoms with van der Waals surface area (Å²) in [6.45, 7) is 11.7. The first-order chi connectivity index (χ1) is 12.9. The first kappa shape index (κ1) is 24.2. The smallest absolute Gasteiger partial charge is 0.209 e. The van der Waals surface area contributed by atoms with E-state index in [-0.39, 0.29) is 0 Å². The number of ether oxygens (including phenoxy) is 1. The van der Waals surface area contributed by atoms with Crippen molar-refractivity contribution in [3.8, 4) is 5.75 Å². The largest absolute Gasteiger partial charge is 0.493 e. The van der Waals surface area contributed by atoms with Gasteiger partial charge in [0.1, 0.15) is 5.75 Å². The van der Waals surface area contributed by atoms with Gasteiger partial charge < -0.3 is 15.4 Å². The van der Waals surface area contributed by atoms with Crippen molar-refractivity contribution in [2.24, 2.45) is 10.9 Å². The van der Waals surface area contributed by atoms with Crippen molar-refractivity contribution >= 4 is 16.0 Å². The Bertz CT molecular complexity index is 759. The molecule has 0 heterocycles. The summed E-state index contributed by atoms with van der Waals surface area (Å²) >= 11 is 0. The molecule has 0 aliphatic rings. The van der Waals surface area contributed by atoms with Crippen LogP contribution in [0.5, 0.6) is 5.75 Å². The van der Waals surface area contributed by atoms with Gasteiger partial charge in [0.15, 0.2) is 5.96 Å². The molecule has 1 aromatic rings. The summed E-state index contributed by atoms with van der Waals surface area (Å²) < 4.78 is 31.5. The Labute approximate surface area is 170 Å². The minimum absolute atomic E-state index is 0.394. The van der Waals surface area contributed by atoms with Gasteiger partial charge in [-0.1, -0.05) is 26.0 Å². The van der Waals surface area contributed by atoms with Crippen LogP contribution < -0.4 is 20.1 Å². The molecule has 0 atom stereocenters. The quantitative estimate of drug-likeness (QED) is 0.405. The number of hydrogen-bond donors (Lipinski definition) is 3. The van der Waals surface area contributed by atoms with E-state index in [0.717, 1.165) is 29.6 Å². The van der Waals surface area contributed by atoms with Crippen LogP contribution in [0.1, 0.15) is 45.2 Å². The van der Waals surface area contributed by atoms with Crippen molar-refractivity contribution in [3.05, 3.63) is 29.3 Å². The summed E-state index contributed by atoms with van der Waals surface area (Å²) in [5.41, 5.74) is 1.56. The number of benzene rings is 1. The molecule has 0 saturated heterocycles. The molecule has 0 saturated carbocycles. The minimum Gasteiger partial charge on any atom is -0.493 e. The molecule has 0 fully saturated rings. The zero-order valence-electron chi connectivity index (χ0n) is 18.2. The van der Waals surface area contributed by atoms with E-state index in [1.807, 2.05) is 26.8 Å². The Morgan fingerprint density at radius 2 is 1.93 bits per heavy atom. The highest BCUT2D eigenvalue weighted by molar-refractivity contribution is 7.88. The number of nitrogens with one attached hydrogen (secondary N) is 3. The average Bonchev–Trinajstić information content (AvgIpc) is 2.54. The standard InChI is InChI=1S/C20H36N4O3S/c1-15(2)10-11-27-18-12-16(3)8-9-17(18)13-22-19(21-6)23-14-20(4,5)24-28(7,25)26/h8-9,12,15,24H,10-11,13-14H2,1-7H3,(H2,21,22,23). The van der Waals surface area contributed by atoms with E-state index in [2.05, 4.69) is 46.3 Å². The van der Waals surface area contributed by atoms with Gasteiger partial charge >= 0.3 is 0 Å². The predicted molar refractivity (Wildman–Crippen MR) is 116 cm³/mol. The van der Waals surface area contributed by atoms with Crippen LogP contribution in [0.25, 0.3) is 0 Å². The van der Waals surface area contributed by atoms with Gasteiger partial charge in [0.05, 0.1) is 12.9 Å². The SMILES string of the molecule is CN=C(NCc1ccc(C)cc1OCCC(C)C)NCC(C)(C)NS(C)(=O)=O.